The van der Waals surface area contributed by atoms with Crippen LogP contribution in [0, 0.1) is 23.7 Å². The first kappa shape index (κ1) is 20.9. The molecule has 2 aliphatic rings. The van der Waals surface area contributed by atoms with Crippen molar-refractivity contribution in [2.75, 3.05) is 11.9 Å². The van der Waals surface area contributed by atoms with Gasteiger partial charge in [-0.05, 0) is 55.7 Å². The van der Waals surface area contributed by atoms with Crippen molar-refractivity contribution in [2.24, 2.45) is 23.7 Å². The third kappa shape index (κ3) is 3.72. The highest BCUT2D eigenvalue weighted by molar-refractivity contribution is 7.15. The van der Waals surface area contributed by atoms with Crippen LogP contribution in [0.3, 0.4) is 0 Å². The Bertz CT molecular complexity index is 986. The van der Waals surface area contributed by atoms with Crippen LogP contribution in [0.2, 0.25) is 5.02 Å². The quantitative estimate of drug-likeness (QED) is 0.612. The van der Waals surface area contributed by atoms with E-state index in [4.69, 9.17) is 16.3 Å². The molecule has 4 atom stereocenters. The van der Waals surface area contributed by atoms with Gasteiger partial charge in [-0.15, -0.1) is 11.3 Å². The number of nitrogens with one attached hydrogen (secondary N) is 1. The summed E-state index contributed by atoms with van der Waals surface area (Å²) in [5.74, 6) is -2.87. The Kier molecular flexibility index (Phi) is 5.84. The molecule has 2 saturated carbocycles. The van der Waals surface area contributed by atoms with E-state index >= 15 is 0 Å². The van der Waals surface area contributed by atoms with Gasteiger partial charge >= 0.3 is 11.9 Å². The molecule has 0 radical (unpaired) electrons. The SMILES string of the molecule is CCOC(=O)c1c(-c2ccc(Cl)cc2)csc1NC(=O)[C@H]1[C@H]2CC[C@@H](C2)[C@@H]1C(=O)O. The Hall–Kier alpha value is -2.38. The van der Waals surface area contributed by atoms with E-state index in [1.165, 1.54) is 11.3 Å². The van der Waals surface area contributed by atoms with Crippen LogP contribution < -0.4 is 5.32 Å². The fraction of sp³-hybridized carbons (Fsp3) is 0.409. The van der Waals surface area contributed by atoms with Gasteiger partial charge in [-0.3, -0.25) is 9.59 Å². The number of rotatable bonds is 6. The first-order valence-electron chi connectivity index (χ1n) is 9.99. The van der Waals surface area contributed by atoms with E-state index in [1.54, 1.807) is 36.6 Å². The molecule has 2 aromatic rings. The van der Waals surface area contributed by atoms with Crippen LogP contribution in [0.5, 0.6) is 0 Å². The van der Waals surface area contributed by atoms with Crippen LogP contribution in [0.4, 0.5) is 5.00 Å². The molecule has 0 aliphatic heterocycles. The van der Waals surface area contributed by atoms with Gasteiger partial charge in [0.05, 0.1) is 18.4 Å². The van der Waals surface area contributed by atoms with E-state index < -0.39 is 23.8 Å². The van der Waals surface area contributed by atoms with Crippen LogP contribution in [0.1, 0.15) is 36.5 Å². The van der Waals surface area contributed by atoms with E-state index in [0.29, 0.717) is 15.6 Å². The summed E-state index contributed by atoms with van der Waals surface area (Å²) in [7, 11) is 0. The number of carbonyl (C=O) groups excluding carboxylic acids is 2. The molecular weight excluding hydrogens is 426 g/mol. The maximum Gasteiger partial charge on any atom is 0.341 e. The molecule has 6 nitrogen and oxygen atoms in total. The van der Waals surface area contributed by atoms with Gasteiger partial charge in [-0.25, -0.2) is 4.79 Å². The van der Waals surface area contributed by atoms with Crippen molar-refractivity contribution in [3.8, 4) is 11.1 Å². The summed E-state index contributed by atoms with van der Waals surface area (Å²) in [6.45, 7) is 1.92. The molecule has 1 heterocycles. The van der Waals surface area contributed by atoms with Gasteiger partial charge in [0.1, 0.15) is 10.6 Å². The van der Waals surface area contributed by atoms with Crippen LogP contribution >= 0.6 is 22.9 Å². The second kappa shape index (κ2) is 8.40. The molecule has 30 heavy (non-hydrogen) atoms. The van der Waals surface area contributed by atoms with Crippen molar-refractivity contribution < 1.29 is 24.2 Å². The molecule has 0 unspecified atom stereocenters. The molecule has 4 rings (SSSR count). The average molecular weight is 448 g/mol. The average Bonchev–Trinajstić information content (AvgIpc) is 3.42. The van der Waals surface area contributed by atoms with Crippen LogP contribution in [0.15, 0.2) is 29.6 Å². The molecule has 1 aromatic carbocycles. The lowest BCUT2D eigenvalue weighted by molar-refractivity contribution is -0.148. The number of aliphatic carboxylic acids is 1. The number of fused-ring (bicyclic) bond motifs is 2. The van der Waals surface area contributed by atoms with E-state index in [1.807, 2.05) is 0 Å². The number of carbonyl (C=O) groups is 3. The van der Waals surface area contributed by atoms with Gasteiger partial charge < -0.3 is 15.2 Å². The Morgan fingerprint density at radius 2 is 1.83 bits per heavy atom. The topological polar surface area (TPSA) is 92.7 Å². The number of hydrogen-bond acceptors (Lipinski definition) is 5. The number of hydrogen-bond donors (Lipinski definition) is 2. The molecule has 0 spiro atoms. The number of ether oxygens (including phenoxy) is 1. The normalized spacial score (nSPS) is 24.6. The van der Waals surface area contributed by atoms with Crippen molar-refractivity contribution in [2.45, 2.75) is 26.2 Å². The van der Waals surface area contributed by atoms with E-state index in [-0.39, 0.29) is 29.9 Å². The molecule has 158 valence electrons. The molecule has 1 aromatic heterocycles. The maximum atomic E-state index is 13.1. The Labute approximate surface area is 183 Å². The lowest BCUT2D eigenvalue weighted by atomic mass is 9.79. The second-order valence-corrected chi connectivity index (χ2v) is 9.11. The van der Waals surface area contributed by atoms with Crippen molar-refractivity contribution in [3.05, 3.63) is 40.2 Å². The van der Waals surface area contributed by atoms with Gasteiger partial charge in [0, 0.05) is 16.0 Å². The smallest absolute Gasteiger partial charge is 0.341 e. The molecule has 2 bridgehead atoms. The minimum Gasteiger partial charge on any atom is -0.481 e. The molecule has 2 N–H and O–H groups in total. The standard InChI is InChI=1S/C22H22ClNO5S/c1-2-29-22(28)18-15(11-5-7-14(23)8-6-11)10-30-20(18)24-19(25)16-12-3-4-13(9-12)17(16)21(26)27/h5-8,10,12-13,16-17H,2-4,9H2,1H3,(H,24,25)(H,26,27)/t12-,13-,16-,17-/m0/s1. The minimum atomic E-state index is -0.916. The first-order valence-corrected chi connectivity index (χ1v) is 11.2. The predicted octanol–water partition coefficient (Wildman–Crippen LogP) is 4.93. The highest BCUT2D eigenvalue weighted by Crippen LogP contribution is 2.53. The zero-order valence-electron chi connectivity index (χ0n) is 16.4. The van der Waals surface area contributed by atoms with Crippen LogP contribution in [-0.2, 0) is 14.3 Å². The van der Waals surface area contributed by atoms with Gasteiger partial charge in [-0.2, -0.15) is 0 Å². The number of carboxylic acids is 1. The zero-order chi connectivity index (χ0) is 21.4. The summed E-state index contributed by atoms with van der Waals surface area (Å²) in [6, 6.07) is 7.06. The second-order valence-electron chi connectivity index (χ2n) is 7.79. The number of halogens is 1. The number of esters is 1. The monoisotopic (exact) mass is 447 g/mol. The first-order chi connectivity index (χ1) is 14.4. The fourth-order valence-corrected chi connectivity index (χ4v) is 6.00. The summed E-state index contributed by atoms with van der Waals surface area (Å²) in [6.07, 6.45) is 2.51. The largest absolute Gasteiger partial charge is 0.481 e. The lowest BCUT2D eigenvalue weighted by Gasteiger charge is -2.26. The molecular formula is C22H22ClNO5S. The van der Waals surface area contributed by atoms with Gasteiger partial charge in [-0.1, -0.05) is 23.7 Å². The molecule has 8 heteroatoms. The van der Waals surface area contributed by atoms with E-state index in [2.05, 4.69) is 5.32 Å². The van der Waals surface area contributed by atoms with Gasteiger partial charge in [0.2, 0.25) is 5.91 Å². The third-order valence-electron chi connectivity index (χ3n) is 6.17. The van der Waals surface area contributed by atoms with Crippen LogP contribution in [-0.4, -0.2) is 29.6 Å². The molecule has 2 fully saturated rings. The summed E-state index contributed by atoms with van der Waals surface area (Å²) in [5.41, 5.74) is 1.71. The highest BCUT2D eigenvalue weighted by Gasteiger charge is 2.54. The number of amides is 1. The Morgan fingerprint density at radius 3 is 2.47 bits per heavy atom. The van der Waals surface area contributed by atoms with E-state index in [9.17, 15) is 19.5 Å². The van der Waals surface area contributed by atoms with Gasteiger partial charge in [0.15, 0.2) is 0 Å². The molecule has 0 saturated heterocycles. The molecule has 2 aliphatic carbocycles. The predicted molar refractivity (Wildman–Crippen MR) is 115 cm³/mol. The summed E-state index contributed by atoms with van der Waals surface area (Å²) in [5, 5.41) is 15.3. The van der Waals surface area contributed by atoms with Gasteiger partial charge in [0.25, 0.3) is 0 Å². The number of benzene rings is 1. The number of thiophene rings is 1. The Balaban J connectivity index is 1.65. The minimum absolute atomic E-state index is 0.0562. The van der Waals surface area contributed by atoms with Crippen molar-refractivity contribution in [3.63, 3.8) is 0 Å². The summed E-state index contributed by atoms with van der Waals surface area (Å²) >= 11 is 7.21. The summed E-state index contributed by atoms with van der Waals surface area (Å²) in [4.78, 5) is 37.6. The molecule has 1 amide bonds. The van der Waals surface area contributed by atoms with Crippen LogP contribution in [0.25, 0.3) is 11.1 Å². The van der Waals surface area contributed by atoms with E-state index in [0.717, 1.165) is 24.8 Å². The summed E-state index contributed by atoms with van der Waals surface area (Å²) < 4.78 is 5.22. The van der Waals surface area contributed by atoms with Crippen molar-refractivity contribution >= 4 is 45.8 Å². The third-order valence-corrected chi connectivity index (χ3v) is 7.31. The number of anilines is 1. The zero-order valence-corrected chi connectivity index (χ0v) is 18.0. The number of carboxylic acid groups (broad SMARTS) is 1. The maximum absolute atomic E-state index is 13.1. The fourth-order valence-electron chi connectivity index (χ4n) is 4.92. The Morgan fingerprint density at radius 1 is 1.17 bits per heavy atom. The van der Waals surface area contributed by atoms with Crippen molar-refractivity contribution in [1.82, 2.24) is 0 Å². The van der Waals surface area contributed by atoms with Crippen molar-refractivity contribution in [1.29, 1.82) is 0 Å². The lowest BCUT2D eigenvalue weighted by Crippen LogP contribution is -2.37. The highest BCUT2D eigenvalue weighted by atomic mass is 35.5.